The third-order valence-corrected chi connectivity index (χ3v) is 7.31. The molecule has 6 nitrogen and oxygen atoms in total. The van der Waals surface area contributed by atoms with Crippen molar-refractivity contribution in [3.63, 3.8) is 0 Å². The smallest absolute Gasteiger partial charge is 0.320 e. The van der Waals surface area contributed by atoms with Crippen molar-refractivity contribution in [1.82, 2.24) is 9.03 Å². The fourth-order valence-corrected chi connectivity index (χ4v) is 5.17. The van der Waals surface area contributed by atoms with Crippen LogP contribution in [0.25, 0.3) is 5.57 Å². The molecule has 1 saturated heterocycles. The number of hydrogen-bond acceptors (Lipinski definition) is 7. The van der Waals surface area contributed by atoms with Gasteiger partial charge in [0.1, 0.15) is 12.3 Å². The largest absolute Gasteiger partial charge is 0.468 e. The van der Waals surface area contributed by atoms with Gasteiger partial charge in [-0.3, -0.25) is 4.79 Å². The number of piperazine rings is 1. The lowest BCUT2D eigenvalue weighted by Crippen LogP contribution is -2.44. The molecule has 0 radical (unpaired) electrons. The van der Waals surface area contributed by atoms with Gasteiger partial charge in [-0.1, -0.05) is 24.0 Å². The van der Waals surface area contributed by atoms with E-state index in [1.165, 1.54) is 36.1 Å². The lowest BCUT2D eigenvalue weighted by molar-refractivity contribution is -0.139. The Hall–Kier alpha value is -3.44. The number of nitrogens with zero attached hydrogens (tertiary/aromatic N) is 2. The Kier molecular flexibility index (Phi) is 7.77. The topological polar surface area (TPSA) is 58.0 Å². The molecule has 0 unspecified atom stereocenters. The van der Waals surface area contributed by atoms with Crippen molar-refractivity contribution in [1.29, 1.82) is 0 Å². The van der Waals surface area contributed by atoms with Crippen LogP contribution in [-0.2, 0) is 16.0 Å². The van der Waals surface area contributed by atoms with E-state index in [1.807, 2.05) is 12.1 Å². The summed E-state index contributed by atoms with van der Waals surface area (Å²) >= 11 is 1.48. The van der Waals surface area contributed by atoms with Gasteiger partial charge < -0.3 is 14.1 Å². The molecule has 0 spiro atoms. The third-order valence-electron chi connectivity index (χ3n) is 6.41. The second kappa shape index (κ2) is 11.5. The minimum absolute atomic E-state index is 0.206. The first kappa shape index (κ1) is 24.3. The Morgan fingerprint density at radius 2 is 1.83 bits per heavy atom. The summed E-state index contributed by atoms with van der Waals surface area (Å²) in [6, 6.07) is 18.9. The number of benzene rings is 2. The number of ether oxygens (including phenoxy) is 1. The molecule has 0 saturated carbocycles. The summed E-state index contributed by atoms with van der Waals surface area (Å²) in [6.07, 6.45) is 6.06. The van der Waals surface area contributed by atoms with Gasteiger partial charge in [0, 0.05) is 60.7 Å². The predicted molar refractivity (Wildman–Crippen MR) is 144 cm³/mol. The van der Waals surface area contributed by atoms with Crippen molar-refractivity contribution >= 4 is 29.4 Å². The quantitative estimate of drug-likeness (QED) is 0.304. The van der Waals surface area contributed by atoms with Crippen LogP contribution in [0.5, 0.6) is 0 Å². The maximum absolute atomic E-state index is 11.2. The number of furan rings is 1. The highest BCUT2D eigenvalue weighted by atomic mass is 32.2. The number of hydrogen-bond donors (Lipinski definition) is 1. The van der Waals surface area contributed by atoms with Crippen molar-refractivity contribution in [2.75, 3.05) is 44.7 Å². The number of rotatable bonds is 6. The molecule has 36 heavy (non-hydrogen) atoms. The molecule has 1 aliphatic heterocycles. The Morgan fingerprint density at radius 3 is 2.58 bits per heavy atom. The van der Waals surface area contributed by atoms with E-state index in [2.05, 4.69) is 79.0 Å². The zero-order valence-corrected chi connectivity index (χ0v) is 21.1. The van der Waals surface area contributed by atoms with Crippen molar-refractivity contribution in [3.05, 3.63) is 95.0 Å². The lowest BCUT2D eigenvalue weighted by Gasteiger charge is -2.35. The van der Waals surface area contributed by atoms with E-state index in [0.717, 1.165) is 61.5 Å². The van der Waals surface area contributed by atoms with Crippen molar-refractivity contribution in [2.45, 2.75) is 12.8 Å². The van der Waals surface area contributed by atoms with Crippen LogP contribution in [0.4, 0.5) is 5.69 Å². The van der Waals surface area contributed by atoms with E-state index >= 15 is 0 Å². The fraction of sp³-hybridized carbons (Fsp3) is 0.276. The normalized spacial score (nSPS) is 15.5. The second-order valence-electron chi connectivity index (χ2n) is 8.71. The molecule has 0 amide bonds. The van der Waals surface area contributed by atoms with Gasteiger partial charge in [-0.05, 0) is 72.5 Å². The number of allylic oxidation sites excluding steroid dienone is 1. The molecule has 1 aliphatic carbocycles. The van der Waals surface area contributed by atoms with Crippen molar-refractivity contribution < 1.29 is 13.9 Å². The molecule has 1 fully saturated rings. The maximum Gasteiger partial charge on any atom is 0.320 e. The van der Waals surface area contributed by atoms with Gasteiger partial charge in [0.25, 0.3) is 0 Å². The number of anilines is 1. The highest BCUT2D eigenvalue weighted by molar-refractivity contribution is 7.95. The number of esters is 1. The molecular weight excluding hydrogens is 470 g/mol. The highest BCUT2D eigenvalue weighted by Crippen LogP contribution is 2.32. The Labute approximate surface area is 216 Å². The molecule has 3 aromatic rings. The third kappa shape index (κ3) is 5.85. The minimum Gasteiger partial charge on any atom is -0.468 e. The average Bonchev–Trinajstić information content (AvgIpc) is 3.47. The second-order valence-corrected chi connectivity index (χ2v) is 9.69. The van der Waals surface area contributed by atoms with Crippen LogP contribution < -0.4 is 9.62 Å². The summed E-state index contributed by atoms with van der Waals surface area (Å²) in [4.78, 5) is 13.6. The first-order valence-corrected chi connectivity index (χ1v) is 12.9. The van der Waals surface area contributed by atoms with Crippen molar-refractivity contribution in [2.24, 2.45) is 0 Å². The van der Waals surface area contributed by atoms with Crippen LogP contribution in [-0.4, -0.2) is 50.1 Å². The number of fused-ring (bicyclic) bond motifs is 1. The molecular formula is C29H29N3O3S. The Bertz CT molecular complexity index is 1280. The van der Waals surface area contributed by atoms with Gasteiger partial charge in [-0.15, -0.1) is 0 Å². The van der Waals surface area contributed by atoms with E-state index < -0.39 is 0 Å². The SMILES string of the molecule is COC(=O)CNSN1CCN(c2ccc(C#Cc3ccc4c(c3)C(c3ccco3)=CCC4)cc2)CC1. The highest BCUT2D eigenvalue weighted by Gasteiger charge is 2.18. The summed E-state index contributed by atoms with van der Waals surface area (Å²) in [5.74, 6) is 7.32. The van der Waals surface area contributed by atoms with Gasteiger partial charge in [-0.2, -0.15) is 0 Å². The number of aryl methyl sites for hydroxylation is 1. The van der Waals surface area contributed by atoms with E-state index in [1.54, 1.807) is 6.26 Å². The Morgan fingerprint density at radius 1 is 1.06 bits per heavy atom. The maximum atomic E-state index is 11.2. The van der Waals surface area contributed by atoms with Gasteiger partial charge >= 0.3 is 5.97 Å². The summed E-state index contributed by atoms with van der Waals surface area (Å²) in [5.41, 5.74) is 6.93. The van der Waals surface area contributed by atoms with Crippen LogP contribution in [0.3, 0.4) is 0 Å². The molecule has 1 N–H and O–H groups in total. The van der Waals surface area contributed by atoms with Gasteiger partial charge in [-0.25, -0.2) is 9.03 Å². The molecule has 5 rings (SSSR count). The van der Waals surface area contributed by atoms with E-state index in [9.17, 15) is 4.79 Å². The van der Waals surface area contributed by atoms with Crippen LogP contribution >= 0.6 is 12.1 Å². The number of nitrogens with one attached hydrogen (secondary N) is 1. The van der Waals surface area contributed by atoms with Crippen LogP contribution in [0.2, 0.25) is 0 Å². The van der Waals surface area contributed by atoms with Crippen LogP contribution in [0.15, 0.2) is 71.4 Å². The van der Waals surface area contributed by atoms with E-state index in [0.29, 0.717) is 0 Å². The monoisotopic (exact) mass is 499 g/mol. The molecule has 0 atom stereocenters. The number of methoxy groups -OCH3 is 1. The minimum atomic E-state index is -0.258. The number of carbonyl (C=O) groups excluding carboxylic acids is 1. The zero-order valence-electron chi connectivity index (χ0n) is 20.3. The predicted octanol–water partition coefficient (Wildman–Crippen LogP) is 4.51. The van der Waals surface area contributed by atoms with Crippen LogP contribution in [0, 0.1) is 11.8 Å². The summed E-state index contributed by atoms with van der Waals surface area (Å²) in [5, 5.41) is 0. The standard InChI is InChI=1S/C29H29N3O3S/c1-34-29(33)21-30-36-32-17-15-31(16-18-32)25-13-10-22(11-14-25)7-8-23-9-12-24-4-2-5-26(27(24)20-23)28-6-3-19-35-28/h3,5-6,9-14,19-20,30H,2,4,15-18,21H2,1H3. The average molecular weight is 500 g/mol. The first-order valence-electron chi connectivity index (χ1n) is 12.2. The zero-order chi connectivity index (χ0) is 24.7. The molecule has 0 bridgehead atoms. The molecule has 2 heterocycles. The fourth-order valence-electron chi connectivity index (χ4n) is 4.46. The van der Waals surface area contributed by atoms with Gasteiger partial charge in [0.05, 0.1) is 13.4 Å². The summed E-state index contributed by atoms with van der Waals surface area (Å²) in [7, 11) is 1.40. The molecule has 2 aromatic carbocycles. The van der Waals surface area contributed by atoms with Gasteiger partial charge in [0.2, 0.25) is 0 Å². The lowest BCUT2D eigenvalue weighted by atomic mass is 9.88. The number of carbonyl (C=O) groups is 1. The Balaban J connectivity index is 1.19. The summed E-state index contributed by atoms with van der Waals surface area (Å²) in [6.45, 7) is 3.88. The van der Waals surface area contributed by atoms with E-state index in [-0.39, 0.29) is 12.5 Å². The van der Waals surface area contributed by atoms with E-state index in [4.69, 9.17) is 4.42 Å². The molecule has 2 aliphatic rings. The molecule has 1 aromatic heterocycles. The van der Waals surface area contributed by atoms with Crippen molar-refractivity contribution in [3.8, 4) is 11.8 Å². The summed E-state index contributed by atoms with van der Waals surface area (Å²) < 4.78 is 15.6. The molecule has 184 valence electrons. The molecule has 7 heteroatoms. The van der Waals surface area contributed by atoms with Crippen LogP contribution in [0.1, 0.15) is 34.4 Å². The van der Waals surface area contributed by atoms with Gasteiger partial charge in [0.15, 0.2) is 0 Å². The first-order chi connectivity index (χ1) is 17.7.